The number of nitrogens with zero attached hydrogens (tertiary/aromatic N) is 8. The van der Waals surface area contributed by atoms with Crippen LogP contribution in [0.2, 0.25) is 0 Å². The van der Waals surface area contributed by atoms with Crippen molar-refractivity contribution in [3.05, 3.63) is 54.9 Å². The summed E-state index contributed by atoms with van der Waals surface area (Å²) < 4.78 is 14.7. The topological polar surface area (TPSA) is 83.3 Å². The summed E-state index contributed by atoms with van der Waals surface area (Å²) in [7, 11) is 0. The Morgan fingerprint density at radius 2 is 1.66 bits per heavy atom. The molecule has 5 rings (SSSR count). The first-order valence-electron chi connectivity index (χ1n) is 10.9. The summed E-state index contributed by atoms with van der Waals surface area (Å²) in [5.41, 5.74) is 0.996. The van der Waals surface area contributed by atoms with Crippen molar-refractivity contribution in [2.45, 2.75) is 12.8 Å². The zero-order valence-electron chi connectivity index (χ0n) is 17.7. The van der Waals surface area contributed by atoms with Gasteiger partial charge in [-0.2, -0.15) is 5.10 Å². The summed E-state index contributed by atoms with van der Waals surface area (Å²) >= 11 is 0. The second-order valence-electron chi connectivity index (χ2n) is 8.16. The van der Waals surface area contributed by atoms with Crippen LogP contribution < -0.4 is 9.80 Å². The number of hydrogen-bond acceptors (Lipinski definition) is 7. The molecule has 10 heteroatoms. The minimum Gasteiger partial charge on any atom is -0.368 e. The fraction of sp³-hybridized carbons (Fsp3) is 0.409. The van der Waals surface area contributed by atoms with Crippen LogP contribution >= 0.6 is 0 Å². The maximum absolute atomic E-state index is 13.2. The molecule has 0 aliphatic carbocycles. The quantitative estimate of drug-likeness (QED) is 0.616. The minimum absolute atomic E-state index is 0.0436. The lowest BCUT2D eigenvalue weighted by atomic mass is 9.96. The molecule has 0 bridgehead atoms. The van der Waals surface area contributed by atoms with Gasteiger partial charge in [0.15, 0.2) is 11.6 Å². The van der Waals surface area contributed by atoms with Crippen molar-refractivity contribution in [1.82, 2.24) is 29.9 Å². The van der Waals surface area contributed by atoms with E-state index < -0.39 is 0 Å². The molecule has 2 fully saturated rings. The van der Waals surface area contributed by atoms with Gasteiger partial charge in [-0.3, -0.25) is 4.79 Å². The minimum atomic E-state index is -0.234. The third kappa shape index (κ3) is 4.25. The van der Waals surface area contributed by atoms with E-state index >= 15 is 0 Å². The molecule has 2 aliphatic heterocycles. The van der Waals surface area contributed by atoms with Crippen molar-refractivity contribution in [2.24, 2.45) is 5.92 Å². The Kier molecular flexibility index (Phi) is 5.66. The summed E-state index contributed by atoms with van der Waals surface area (Å²) in [4.78, 5) is 23.4. The van der Waals surface area contributed by atoms with E-state index in [0.717, 1.165) is 44.0 Å². The van der Waals surface area contributed by atoms with E-state index in [-0.39, 0.29) is 17.6 Å². The van der Waals surface area contributed by atoms with Crippen LogP contribution in [0.15, 0.2) is 49.1 Å². The molecular formula is C22H25FN8O. The van der Waals surface area contributed by atoms with Crippen molar-refractivity contribution >= 4 is 17.4 Å². The lowest BCUT2D eigenvalue weighted by molar-refractivity contribution is -0.136. The van der Waals surface area contributed by atoms with E-state index in [2.05, 4.69) is 30.1 Å². The summed E-state index contributed by atoms with van der Waals surface area (Å²) in [6, 6.07) is 10.3. The van der Waals surface area contributed by atoms with Gasteiger partial charge in [0.25, 0.3) is 0 Å². The number of hydrogen-bond donors (Lipinski definition) is 0. The molecule has 2 aromatic heterocycles. The first kappa shape index (κ1) is 20.3. The number of piperidine rings is 1. The largest absolute Gasteiger partial charge is 0.368 e. The number of amides is 1. The van der Waals surface area contributed by atoms with Crippen LogP contribution in [0.1, 0.15) is 12.8 Å². The van der Waals surface area contributed by atoms with Gasteiger partial charge in [0.05, 0.1) is 5.92 Å². The van der Waals surface area contributed by atoms with Crippen LogP contribution in [0, 0.1) is 11.7 Å². The van der Waals surface area contributed by atoms with Crippen LogP contribution in [0.3, 0.4) is 0 Å². The zero-order chi connectivity index (χ0) is 21.9. The first-order valence-corrected chi connectivity index (χ1v) is 10.9. The van der Waals surface area contributed by atoms with Crippen molar-refractivity contribution in [3.63, 3.8) is 0 Å². The van der Waals surface area contributed by atoms with E-state index in [0.29, 0.717) is 25.5 Å². The third-order valence-corrected chi connectivity index (χ3v) is 6.17. The number of aromatic nitrogens is 5. The number of halogens is 1. The highest BCUT2D eigenvalue weighted by Crippen LogP contribution is 2.24. The van der Waals surface area contributed by atoms with Gasteiger partial charge in [-0.05, 0) is 49.2 Å². The van der Waals surface area contributed by atoms with Crippen molar-refractivity contribution in [2.75, 3.05) is 49.1 Å². The summed E-state index contributed by atoms with van der Waals surface area (Å²) in [5, 5.41) is 12.6. The first-order chi connectivity index (χ1) is 15.7. The molecule has 2 aliphatic rings. The number of rotatable bonds is 4. The number of carbonyl (C=O) groups is 1. The van der Waals surface area contributed by atoms with Crippen molar-refractivity contribution in [1.29, 1.82) is 0 Å². The van der Waals surface area contributed by atoms with Gasteiger partial charge in [-0.25, -0.2) is 14.1 Å². The smallest absolute Gasteiger partial charge is 0.227 e. The second kappa shape index (κ2) is 8.89. The summed E-state index contributed by atoms with van der Waals surface area (Å²) in [6.07, 6.45) is 4.86. The van der Waals surface area contributed by atoms with Crippen LogP contribution in [-0.4, -0.2) is 75.0 Å². The van der Waals surface area contributed by atoms with Crippen LogP contribution in [0.5, 0.6) is 0 Å². The lowest BCUT2D eigenvalue weighted by Gasteiger charge is -2.40. The highest BCUT2D eigenvalue weighted by atomic mass is 19.1. The van der Waals surface area contributed by atoms with Crippen molar-refractivity contribution < 1.29 is 9.18 Å². The maximum atomic E-state index is 13.2. The predicted octanol–water partition coefficient (Wildman–Crippen LogP) is 1.76. The Morgan fingerprint density at radius 3 is 2.34 bits per heavy atom. The van der Waals surface area contributed by atoms with Gasteiger partial charge in [0.1, 0.15) is 18.5 Å². The third-order valence-electron chi connectivity index (χ3n) is 6.17. The Bertz CT molecular complexity index is 1030. The number of piperazine rings is 1. The second-order valence-corrected chi connectivity index (χ2v) is 8.16. The van der Waals surface area contributed by atoms with E-state index in [1.807, 2.05) is 17.0 Å². The molecule has 2 saturated heterocycles. The molecule has 3 aromatic rings. The number of anilines is 2. The SMILES string of the molecule is O=C(C1CCCN(c2ccc(-n3cncn3)nn2)C1)N1CCN(c2ccc(F)cc2)CC1. The summed E-state index contributed by atoms with van der Waals surface area (Å²) in [5.74, 6) is 1.31. The van der Waals surface area contributed by atoms with E-state index in [1.165, 1.54) is 18.5 Å². The molecule has 9 nitrogen and oxygen atoms in total. The molecule has 0 radical (unpaired) electrons. The molecule has 0 N–H and O–H groups in total. The highest BCUT2D eigenvalue weighted by Gasteiger charge is 2.31. The molecule has 0 saturated carbocycles. The van der Waals surface area contributed by atoms with Crippen LogP contribution in [0.4, 0.5) is 15.9 Å². The van der Waals surface area contributed by atoms with Crippen LogP contribution in [0.25, 0.3) is 5.82 Å². The molecule has 1 atom stereocenters. The fourth-order valence-electron chi connectivity index (χ4n) is 4.42. The van der Waals surface area contributed by atoms with E-state index in [4.69, 9.17) is 0 Å². The van der Waals surface area contributed by atoms with Gasteiger partial charge in [-0.15, -0.1) is 10.2 Å². The zero-order valence-corrected chi connectivity index (χ0v) is 17.7. The normalized spacial score (nSPS) is 19.3. The Hall–Kier alpha value is -3.56. The Labute approximate surface area is 185 Å². The van der Waals surface area contributed by atoms with Gasteiger partial charge in [0.2, 0.25) is 5.91 Å². The average molecular weight is 436 g/mol. The monoisotopic (exact) mass is 436 g/mol. The van der Waals surface area contributed by atoms with Gasteiger partial charge >= 0.3 is 0 Å². The molecule has 1 unspecified atom stereocenters. The molecule has 4 heterocycles. The average Bonchev–Trinajstić information content (AvgIpc) is 3.40. The van der Waals surface area contributed by atoms with Crippen LogP contribution in [-0.2, 0) is 4.79 Å². The van der Waals surface area contributed by atoms with E-state index in [1.54, 1.807) is 23.1 Å². The molecule has 0 spiro atoms. The van der Waals surface area contributed by atoms with Gasteiger partial charge in [-0.1, -0.05) is 0 Å². The van der Waals surface area contributed by atoms with Gasteiger partial charge < -0.3 is 14.7 Å². The molecular weight excluding hydrogens is 411 g/mol. The van der Waals surface area contributed by atoms with Crippen molar-refractivity contribution in [3.8, 4) is 5.82 Å². The lowest BCUT2D eigenvalue weighted by Crippen LogP contribution is -2.52. The number of carbonyl (C=O) groups excluding carboxylic acids is 1. The summed E-state index contributed by atoms with van der Waals surface area (Å²) in [6.45, 7) is 4.37. The highest BCUT2D eigenvalue weighted by molar-refractivity contribution is 5.80. The molecule has 166 valence electrons. The number of benzene rings is 1. The van der Waals surface area contributed by atoms with E-state index in [9.17, 15) is 9.18 Å². The van der Waals surface area contributed by atoms with Gasteiger partial charge in [0, 0.05) is 45.0 Å². The molecule has 1 aromatic carbocycles. The maximum Gasteiger partial charge on any atom is 0.227 e. The Balaban J connectivity index is 1.18. The molecule has 32 heavy (non-hydrogen) atoms. The Morgan fingerprint density at radius 1 is 0.906 bits per heavy atom. The standard InChI is InChI=1S/C22H25FN8O/c23-18-3-5-19(6-4-18)28-10-12-29(13-11-28)22(32)17-2-1-9-30(14-17)20-7-8-21(27-26-20)31-16-24-15-25-31/h3-8,15-17H,1-2,9-14H2. The predicted molar refractivity (Wildman–Crippen MR) is 117 cm³/mol. The molecule has 1 amide bonds. The fourth-order valence-corrected chi connectivity index (χ4v) is 4.42.